The molecule has 4 atom stereocenters. The summed E-state index contributed by atoms with van der Waals surface area (Å²) in [6.07, 6.45) is 1.22. The highest BCUT2D eigenvalue weighted by atomic mass is 35.5. The number of hydrogen-bond acceptors (Lipinski definition) is 3. The predicted molar refractivity (Wildman–Crippen MR) is 109 cm³/mol. The molecule has 1 heterocycles. The van der Waals surface area contributed by atoms with Gasteiger partial charge < -0.3 is 5.11 Å². The summed E-state index contributed by atoms with van der Waals surface area (Å²) >= 11 is 5.90. The molecule has 0 saturated heterocycles. The topological polar surface area (TPSA) is 35.8 Å². The largest absolute Gasteiger partial charge is 0.372 e. The first-order chi connectivity index (χ1) is 14.8. The van der Waals surface area contributed by atoms with Crippen LogP contribution in [0.3, 0.4) is 0 Å². The molecule has 3 fully saturated rings. The van der Waals surface area contributed by atoms with Gasteiger partial charge in [-0.15, -0.1) is 0 Å². The van der Waals surface area contributed by atoms with Crippen LogP contribution in [0.5, 0.6) is 0 Å². The molecule has 3 aliphatic carbocycles. The zero-order valence-corrected chi connectivity index (χ0v) is 17.2. The van der Waals surface area contributed by atoms with Gasteiger partial charge in [0.05, 0.1) is 6.04 Å². The average Bonchev–Trinajstić information content (AvgIpc) is 3.38. The van der Waals surface area contributed by atoms with Gasteiger partial charge in [0, 0.05) is 35.1 Å². The quantitative estimate of drug-likeness (QED) is 0.570. The highest BCUT2D eigenvalue weighted by Gasteiger charge is 2.62. The Morgan fingerprint density at radius 3 is 2.35 bits per heavy atom. The van der Waals surface area contributed by atoms with Gasteiger partial charge in [0.2, 0.25) is 0 Å². The van der Waals surface area contributed by atoms with Gasteiger partial charge in [-0.05, 0) is 66.6 Å². The minimum absolute atomic E-state index is 0.109. The number of hydrazone groups is 1. The number of hydrogen-bond donors (Lipinski definition) is 1. The van der Waals surface area contributed by atoms with E-state index in [1.807, 2.05) is 0 Å². The fourth-order valence-electron chi connectivity index (χ4n) is 5.76. The first kappa shape index (κ1) is 20.8. The Balaban J connectivity index is 1.34. The fourth-order valence-corrected chi connectivity index (χ4v) is 5.99. The lowest BCUT2D eigenvalue weighted by molar-refractivity contribution is -0.0648. The van der Waals surface area contributed by atoms with Crippen LogP contribution >= 0.6 is 11.6 Å². The Hall–Kier alpha value is -2.12. The van der Waals surface area contributed by atoms with Crippen LogP contribution in [0.25, 0.3) is 0 Å². The second kappa shape index (κ2) is 7.48. The van der Waals surface area contributed by atoms with Gasteiger partial charge in [0.15, 0.2) is 0 Å². The molecule has 3 nitrogen and oxygen atoms in total. The summed E-state index contributed by atoms with van der Waals surface area (Å²) in [6, 6.07) is 6.54. The third-order valence-electron chi connectivity index (χ3n) is 7.09. The number of rotatable bonds is 5. The van der Waals surface area contributed by atoms with Crippen LogP contribution in [-0.2, 0) is 0 Å². The molecule has 0 spiro atoms. The van der Waals surface area contributed by atoms with Gasteiger partial charge in [-0.2, -0.15) is 5.10 Å². The van der Waals surface area contributed by atoms with Crippen molar-refractivity contribution < 1.29 is 22.7 Å². The van der Waals surface area contributed by atoms with E-state index in [0.717, 1.165) is 12.1 Å². The highest BCUT2D eigenvalue weighted by molar-refractivity contribution is 6.30. The maximum atomic E-state index is 15.4. The van der Waals surface area contributed by atoms with E-state index in [9.17, 15) is 18.3 Å². The van der Waals surface area contributed by atoms with Gasteiger partial charge in [-0.3, -0.25) is 5.01 Å². The Kier molecular flexibility index (Phi) is 5.01. The Morgan fingerprint density at radius 1 is 1.00 bits per heavy atom. The van der Waals surface area contributed by atoms with Gasteiger partial charge in [0.25, 0.3) is 0 Å². The minimum Gasteiger partial charge on any atom is -0.372 e. The van der Waals surface area contributed by atoms with Crippen molar-refractivity contribution in [2.24, 2.45) is 22.4 Å². The van der Waals surface area contributed by atoms with Crippen molar-refractivity contribution >= 4 is 17.8 Å². The van der Waals surface area contributed by atoms with E-state index >= 15 is 4.39 Å². The predicted octanol–water partition coefficient (Wildman–Crippen LogP) is 5.94. The zero-order valence-electron chi connectivity index (χ0n) is 16.5. The number of aliphatic hydroxyl groups excluding tert-OH is 1. The maximum Gasteiger partial charge on any atom is 0.146 e. The first-order valence-electron chi connectivity index (χ1n) is 10.3. The normalized spacial score (nSPS) is 31.0. The summed E-state index contributed by atoms with van der Waals surface area (Å²) in [5.74, 6) is -2.08. The van der Waals surface area contributed by atoms with Crippen LogP contribution < -0.4 is 0 Å². The fraction of sp³-hybridized carbons (Fsp3) is 0.435. The van der Waals surface area contributed by atoms with E-state index in [0.29, 0.717) is 31.2 Å². The molecule has 31 heavy (non-hydrogen) atoms. The molecule has 164 valence electrons. The summed E-state index contributed by atoms with van der Waals surface area (Å²) in [5.41, 5.74) is -0.0603. The first-order valence-corrected chi connectivity index (χ1v) is 10.7. The molecule has 6 rings (SSSR count). The molecular formula is C23H21ClF4N2O. The lowest BCUT2D eigenvalue weighted by Crippen LogP contribution is -2.39. The van der Waals surface area contributed by atoms with Crippen molar-refractivity contribution in [3.63, 3.8) is 0 Å². The average molecular weight is 453 g/mol. The summed E-state index contributed by atoms with van der Waals surface area (Å²) in [7, 11) is 0. The van der Waals surface area contributed by atoms with Gasteiger partial charge in [0.1, 0.15) is 29.9 Å². The Labute approximate surface area is 182 Å². The van der Waals surface area contributed by atoms with Crippen LogP contribution in [0, 0.1) is 34.7 Å². The third kappa shape index (κ3) is 3.52. The van der Waals surface area contributed by atoms with E-state index in [1.54, 1.807) is 6.21 Å². The molecule has 3 unspecified atom stereocenters. The zero-order chi connectivity index (χ0) is 21.9. The second-order valence-corrected chi connectivity index (χ2v) is 9.45. The Bertz CT molecular complexity index is 1000. The van der Waals surface area contributed by atoms with Gasteiger partial charge >= 0.3 is 0 Å². The van der Waals surface area contributed by atoms with Crippen LogP contribution in [-0.4, -0.2) is 22.6 Å². The van der Waals surface area contributed by atoms with Gasteiger partial charge in [-0.25, -0.2) is 17.6 Å². The Morgan fingerprint density at radius 2 is 1.68 bits per heavy atom. The summed E-state index contributed by atoms with van der Waals surface area (Å²) in [6.45, 7) is 0. The number of halogens is 5. The van der Waals surface area contributed by atoms with Crippen molar-refractivity contribution in [1.82, 2.24) is 5.01 Å². The van der Waals surface area contributed by atoms with Crippen LogP contribution in [0.1, 0.15) is 49.0 Å². The highest BCUT2D eigenvalue weighted by Crippen LogP contribution is 2.68. The maximum absolute atomic E-state index is 15.4. The molecule has 2 aromatic rings. The van der Waals surface area contributed by atoms with Crippen LogP contribution in [0.4, 0.5) is 17.6 Å². The molecule has 0 amide bonds. The SMILES string of the molecule is OC([C@H]1CC2(C(F)c3cc(F)cc(Cl)c3)CC1C2)N1N=CCC1c1cc(F)cc(F)c1. The number of nitrogens with zero attached hydrogens (tertiary/aromatic N) is 2. The lowest BCUT2D eigenvalue weighted by atomic mass is 9.65. The molecule has 3 saturated carbocycles. The van der Waals surface area contributed by atoms with Crippen LogP contribution in [0.2, 0.25) is 5.02 Å². The van der Waals surface area contributed by atoms with Crippen molar-refractivity contribution in [2.45, 2.75) is 44.1 Å². The van der Waals surface area contributed by atoms with Crippen LogP contribution in [0.15, 0.2) is 41.5 Å². The van der Waals surface area contributed by atoms with E-state index in [1.165, 1.54) is 29.3 Å². The molecule has 2 bridgehead atoms. The molecular weight excluding hydrogens is 432 g/mol. The smallest absolute Gasteiger partial charge is 0.146 e. The molecule has 1 aliphatic heterocycles. The van der Waals surface area contributed by atoms with Gasteiger partial charge in [-0.1, -0.05) is 11.6 Å². The molecule has 2 aromatic carbocycles. The van der Waals surface area contributed by atoms with E-state index in [2.05, 4.69) is 5.10 Å². The van der Waals surface area contributed by atoms with E-state index < -0.39 is 41.3 Å². The lowest BCUT2D eigenvalue weighted by Gasteiger charge is -2.41. The summed E-state index contributed by atoms with van der Waals surface area (Å²) < 4.78 is 56.5. The van der Waals surface area contributed by atoms with Crippen molar-refractivity contribution in [1.29, 1.82) is 0 Å². The number of benzene rings is 2. The number of aliphatic hydroxyl groups is 1. The molecule has 4 aliphatic rings. The van der Waals surface area contributed by atoms with Crippen molar-refractivity contribution in [3.8, 4) is 0 Å². The number of fused-ring (bicyclic) bond motifs is 1. The van der Waals surface area contributed by atoms with Crippen molar-refractivity contribution in [2.75, 3.05) is 0 Å². The molecule has 0 aromatic heterocycles. The third-order valence-corrected chi connectivity index (χ3v) is 7.31. The minimum atomic E-state index is -1.38. The summed E-state index contributed by atoms with van der Waals surface area (Å²) in [4.78, 5) is 0. The number of alkyl halides is 1. The van der Waals surface area contributed by atoms with Crippen molar-refractivity contribution in [3.05, 3.63) is 70.0 Å². The molecule has 0 radical (unpaired) electrons. The second-order valence-electron chi connectivity index (χ2n) is 9.01. The molecule has 1 N–H and O–H groups in total. The van der Waals surface area contributed by atoms with E-state index in [-0.39, 0.29) is 22.4 Å². The standard InChI is InChI=1S/C23H21ClF4N2O/c24-15-3-13(6-16(25)7-15)21(28)23-9-14(10-23)19(11-23)22(31)30-20(1-2-29-30)12-4-17(26)8-18(27)5-12/h2-8,14,19-22,31H,1,9-11H2/t14?,19-,20?,21?,22?,23?/m0/s1. The molecule has 8 heteroatoms. The monoisotopic (exact) mass is 452 g/mol. The van der Waals surface area contributed by atoms with E-state index in [4.69, 9.17) is 11.6 Å². The summed E-state index contributed by atoms with van der Waals surface area (Å²) in [5, 5.41) is 17.0.